The lowest BCUT2D eigenvalue weighted by atomic mass is 10.2. The van der Waals surface area contributed by atoms with Crippen LogP contribution in [-0.4, -0.2) is 16.1 Å². The zero-order valence-electron chi connectivity index (χ0n) is 8.23. The molecule has 15 heavy (non-hydrogen) atoms. The number of hydrogen-bond donors (Lipinski definition) is 1. The molecule has 0 spiro atoms. The summed E-state index contributed by atoms with van der Waals surface area (Å²) >= 11 is 0. The van der Waals surface area contributed by atoms with E-state index in [2.05, 4.69) is 10.3 Å². The van der Waals surface area contributed by atoms with E-state index in [9.17, 15) is 4.79 Å². The van der Waals surface area contributed by atoms with Gasteiger partial charge in [0.05, 0.1) is 17.4 Å². The summed E-state index contributed by atoms with van der Waals surface area (Å²) in [6.45, 7) is 2.24. The minimum atomic E-state index is 0.0806. The number of hydrogen-bond acceptors (Lipinski definition) is 3. The lowest BCUT2D eigenvalue weighted by Crippen LogP contribution is -2.37. The molecule has 0 atom stereocenters. The second-order valence-corrected chi connectivity index (χ2v) is 3.68. The van der Waals surface area contributed by atoms with E-state index in [1.807, 2.05) is 24.3 Å². The molecule has 0 amide bonds. The molecule has 0 fully saturated rings. The summed E-state index contributed by atoms with van der Waals surface area (Å²) < 4.78 is 1.76. The number of aromatic nitrogens is 2. The molecule has 0 saturated carbocycles. The predicted molar refractivity (Wildman–Crippen MR) is 57.7 cm³/mol. The number of rotatable bonds is 0. The minimum Gasteiger partial charge on any atom is -0.308 e. The van der Waals surface area contributed by atoms with Crippen LogP contribution in [0.5, 0.6) is 0 Å². The maximum Gasteiger partial charge on any atom is 0.261 e. The normalized spacial score (nSPS) is 15.2. The highest BCUT2D eigenvalue weighted by Crippen LogP contribution is 2.08. The first-order valence-corrected chi connectivity index (χ1v) is 5.05. The van der Waals surface area contributed by atoms with Gasteiger partial charge in [0, 0.05) is 13.1 Å². The Morgan fingerprint density at radius 1 is 1.33 bits per heavy atom. The van der Waals surface area contributed by atoms with Crippen LogP contribution in [0.4, 0.5) is 0 Å². The average molecular weight is 201 g/mol. The molecular formula is C11H11N3O. The molecule has 0 bridgehead atoms. The van der Waals surface area contributed by atoms with Gasteiger partial charge in [-0.25, -0.2) is 4.98 Å². The van der Waals surface area contributed by atoms with Gasteiger partial charge in [0.1, 0.15) is 5.82 Å². The van der Waals surface area contributed by atoms with Gasteiger partial charge in [-0.05, 0) is 12.1 Å². The Morgan fingerprint density at radius 3 is 3.13 bits per heavy atom. The molecule has 2 aromatic rings. The molecule has 1 aliphatic heterocycles. The smallest absolute Gasteiger partial charge is 0.261 e. The van der Waals surface area contributed by atoms with Gasteiger partial charge < -0.3 is 5.32 Å². The topological polar surface area (TPSA) is 46.9 Å². The van der Waals surface area contributed by atoms with Gasteiger partial charge >= 0.3 is 0 Å². The summed E-state index contributed by atoms with van der Waals surface area (Å²) in [5.41, 5.74) is 0.870. The number of fused-ring (bicyclic) bond motifs is 2. The molecule has 0 aliphatic carbocycles. The van der Waals surface area contributed by atoms with Crippen molar-refractivity contribution in [3.63, 3.8) is 0 Å². The molecule has 0 saturated heterocycles. The van der Waals surface area contributed by atoms with Crippen molar-refractivity contribution in [2.24, 2.45) is 0 Å². The fourth-order valence-corrected chi connectivity index (χ4v) is 1.97. The summed E-state index contributed by atoms with van der Waals surface area (Å²) in [6, 6.07) is 7.49. The number of nitrogens with one attached hydrogen (secondary N) is 1. The highest BCUT2D eigenvalue weighted by Gasteiger charge is 2.13. The molecule has 1 aromatic heterocycles. The lowest BCUT2D eigenvalue weighted by Gasteiger charge is -2.18. The predicted octanol–water partition coefficient (Wildman–Crippen LogP) is 0.500. The fourth-order valence-electron chi connectivity index (χ4n) is 1.97. The summed E-state index contributed by atoms with van der Waals surface area (Å²) in [7, 11) is 0. The third-order valence-electron chi connectivity index (χ3n) is 2.74. The third kappa shape index (κ3) is 1.26. The quantitative estimate of drug-likeness (QED) is 0.675. The minimum absolute atomic E-state index is 0.0806. The van der Waals surface area contributed by atoms with Crippen molar-refractivity contribution in [3.8, 4) is 0 Å². The van der Waals surface area contributed by atoms with Crippen LogP contribution in [0.1, 0.15) is 5.82 Å². The van der Waals surface area contributed by atoms with Crippen LogP contribution in [0, 0.1) is 0 Å². The molecular weight excluding hydrogens is 190 g/mol. The van der Waals surface area contributed by atoms with E-state index in [1.165, 1.54) is 0 Å². The maximum atomic E-state index is 12.1. The van der Waals surface area contributed by atoms with Crippen LogP contribution in [-0.2, 0) is 13.1 Å². The van der Waals surface area contributed by atoms with Gasteiger partial charge in [0.15, 0.2) is 0 Å². The van der Waals surface area contributed by atoms with Gasteiger partial charge in [-0.15, -0.1) is 0 Å². The zero-order chi connectivity index (χ0) is 10.3. The van der Waals surface area contributed by atoms with E-state index < -0.39 is 0 Å². The first-order chi connectivity index (χ1) is 7.36. The Labute approximate surface area is 86.6 Å². The Balaban J connectivity index is 2.41. The largest absolute Gasteiger partial charge is 0.308 e. The van der Waals surface area contributed by atoms with Crippen molar-refractivity contribution in [2.75, 3.05) is 6.54 Å². The van der Waals surface area contributed by atoms with Gasteiger partial charge in [-0.3, -0.25) is 9.36 Å². The highest BCUT2D eigenvalue weighted by molar-refractivity contribution is 5.77. The summed E-state index contributed by atoms with van der Waals surface area (Å²) in [5.74, 6) is 0.838. The van der Waals surface area contributed by atoms with Crippen LogP contribution in [0.25, 0.3) is 10.9 Å². The van der Waals surface area contributed by atoms with Crippen molar-refractivity contribution < 1.29 is 0 Å². The van der Waals surface area contributed by atoms with E-state index in [1.54, 1.807) is 4.57 Å². The van der Waals surface area contributed by atoms with Crippen molar-refractivity contribution in [1.82, 2.24) is 14.9 Å². The van der Waals surface area contributed by atoms with E-state index >= 15 is 0 Å². The molecule has 0 unspecified atom stereocenters. The Morgan fingerprint density at radius 2 is 2.20 bits per heavy atom. The summed E-state index contributed by atoms with van der Waals surface area (Å²) in [5, 5.41) is 3.92. The molecule has 3 rings (SSSR count). The Bertz CT molecular complexity index is 574. The maximum absolute atomic E-state index is 12.1. The first kappa shape index (κ1) is 8.61. The summed E-state index contributed by atoms with van der Waals surface area (Å²) in [4.78, 5) is 16.5. The molecule has 1 aromatic carbocycles. The van der Waals surface area contributed by atoms with Crippen molar-refractivity contribution in [2.45, 2.75) is 13.1 Å². The molecule has 76 valence electrons. The van der Waals surface area contributed by atoms with E-state index in [0.29, 0.717) is 18.5 Å². The number of para-hydroxylation sites is 1. The molecule has 0 radical (unpaired) electrons. The van der Waals surface area contributed by atoms with E-state index in [-0.39, 0.29) is 5.56 Å². The van der Waals surface area contributed by atoms with Crippen LogP contribution < -0.4 is 10.9 Å². The summed E-state index contributed by atoms with van der Waals surface area (Å²) in [6.07, 6.45) is 0. The molecule has 1 N–H and O–H groups in total. The molecule has 1 aliphatic rings. The van der Waals surface area contributed by atoms with Crippen molar-refractivity contribution in [3.05, 3.63) is 40.4 Å². The molecule has 4 heteroatoms. The standard InChI is InChI=1S/C11H11N3O/c15-11-8-3-1-2-4-9(8)13-10-7-12-5-6-14(10)11/h1-4,12H,5-7H2. The molecule has 4 nitrogen and oxygen atoms in total. The van der Waals surface area contributed by atoms with Crippen molar-refractivity contribution >= 4 is 10.9 Å². The van der Waals surface area contributed by atoms with Gasteiger partial charge in [0.2, 0.25) is 0 Å². The van der Waals surface area contributed by atoms with Crippen LogP contribution in [0.3, 0.4) is 0 Å². The van der Waals surface area contributed by atoms with E-state index in [0.717, 1.165) is 17.9 Å². The second kappa shape index (κ2) is 3.17. The zero-order valence-corrected chi connectivity index (χ0v) is 8.23. The van der Waals surface area contributed by atoms with Crippen LogP contribution in [0.15, 0.2) is 29.1 Å². The van der Waals surface area contributed by atoms with Gasteiger partial charge in [-0.1, -0.05) is 12.1 Å². The van der Waals surface area contributed by atoms with Gasteiger partial charge in [0.25, 0.3) is 5.56 Å². The fraction of sp³-hybridized carbons (Fsp3) is 0.273. The third-order valence-corrected chi connectivity index (χ3v) is 2.74. The molecule has 2 heterocycles. The average Bonchev–Trinajstić information content (AvgIpc) is 2.30. The van der Waals surface area contributed by atoms with E-state index in [4.69, 9.17) is 0 Å². The first-order valence-electron chi connectivity index (χ1n) is 5.05. The van der Waals surface area contributed by atoms with Crippen molar-refractivity contribution in [1.29, 1.82) is 0 Å². The van der Waals surface area contributed by atoms with Crippen LogP contribution >= 0.6 is 0 Å². The number of benzene rings is 1. The SMILES string of the molecule is O=c1c2ccccc2nc2n1CCNC2. The lowest BCUT2D eigenvalue weighted by molar-refractivity contribution is 0.486. The Kier molecular flexibility index (Phi) is 1.82. The number of nitrogens with zero attached hydrogens (tertiary/aromatic N) is 2. The van der Waals surface area contributed by atoms with Gasteiger partial charge in [-0.2, -0.15) is 0 Å². The highest BCUT2D eigenvalue weighted by atomic mass is 16.1. The monoisotopic (exact) mass is 201 g/mol. The second-order valence-electron chi connectivity index (χ2n) is 3.68. The Hall–Kier alpha value is -1.68. The van der Waals surface area contributed by atoms with Crippen LogP contribution in [0.2, 0.25) is 0 Å².